The third kappa shape index (κ3) is 16.4. The van der Waals surface area contributed by atoms with Gasteiger partial charge >= 0.3 is 29.3 Å². The number of carbonyl (C=O) groups is 9. The number of aldehydes is 1. The molecule has 95 heavy (non-hydrogen) atoms. The van der Waals surface area contributed by atoms with Crippen LogP contribution in [0.1, 0.15) is 120 Å². The topological polar surface area (TPSA) is 326 Å². The van der Waals surface area contributed by atoms with Crippen molar-refractivity contribution in [2.45, 2.75) is 141 Å². The van der Waals surface area contributed by atoms with Crippen LogP contribution in [-0.2, 0) is 115 Å². The van der Waals surface area contributed by atoms with Crippen LogP contribution in [0.2, 0.25) is 0 Å². The molecule has 3 unspecified atom stereocenters. The summed E-state index contributed by atoms with van der Waals surface area (Å²) in [4.78, 5) is 152. The molecule has 3 aromatic carbocycles. The van der Waals surface area contributed by atoms with Gasteiger partial charge in [-0.25, -0.2) is 24.0 Å². The SMILES string of the molecule is CN(C(=O)OC(C)(C)C)C1CN(Cc2cccc3c2n(C)c(=O)n3C2CCC(=O)NC2=O)C1.CN(C(=O)OC(C)(C)C)C1CNC1.CNC1CN(Cc2cccc3c2n(C)c(=O)n3C2CCC(=O)NC2=O)C1.Cn1c(=O)n(C2CCC(=O)NC2=O)c2cccc(C=O)c21.[W].[W]. The molecule has 512 valence electrons. The van der Waals surface area contributed by atoms with Crippen LogP contribution in [0.3, 0.4) is 0 Å². The van der Waals surface area contributed by atoms with Crippen molar-refractivity contribution >= 4 is 87.0 Å². The maximum atomic E-state index is 13.1. The first-order chi connectivity index (χ1) is 43.9. The molecule has 6 aliphatic rings. The summed E-state index contributed by atoms with van der Waals surface area (Å²) >= 11 is 0. The molecule has 12 rings (SSSR count). The van der Waals surface area contributed by atoms with Gasteiger partial charge in [-0.3, -0.25) is 86.7 Å². The first-order valence-electron chi connectivity index (χ1n) is 31.2. The Morgan fingerprint density at radius 2 is 0.884 bits per heavy atom. The van der Waals surface area contributed by atoms with E-state index in [-0.39, 0.29) is 121 Å². The van der Waals surface area contributed by atoms with Gasteiger partial charge in [-0.2, -0.15) is 0 Å². The number of amides is 8. The second-order valence-electron chi connectivity index (χ2n) is 26.5. The van der Waals surface area contributed by atoms with E-state index in [4.69, 9.17) is 9.47 Å². The van der Waals surface area contributed by atoms with E-state index in [1.54, 1.807) is 72.4 Å². The molecule has 6 saturated heterocycles. The summed E-state index contributed by atoms with van der Waals surface area (Å²) in [5.41, 5.74) is 4.67. The van der Waals surface area contributed by atoms with Gasteiger partial charge in [-0.1, -0.05) is 30.3 Å². The molecule has 0 aliphatic carbocycles. The Morgan fingerprint density at radius 1 is 0.537 bits per heavy atom. The number of hydrogen-bond acceptors (Lipinski definition) is 18. The largest absolute Gasteiger partial charge is 0.444 e. The summed E-state index contributed by atoms with van der Waals surface area (Å²) in [5.74, 6) is -2.26. The smallest absolute Gasteiger partial charge is 0.410 e. The van der Waals surface area contributed by atoms with E-state index in [1.165, 1.54) is 18.3 Å². The van der Waals surface area contributed by atoms with Crippen LogP contribution in [0.5, 0.6) is 0 Å². The van der Waals surface area contributed by atoms with Gasteiger partial charge < -0.3 is 29.9 Å². The quantitative estimate of drug-likeness (QED) is 0.0915. The fourth-order valence-corrected chi connectivity index (χ4v) is 12.3. The van der Waals surface area contributed by atoms with E-state index < -0.39 is 47.0 Å². The Balaban J connectivity index is 0.000000186. The molecule has 29 nitrogen and oxygen atoms in total. The molecule has 8 amide bonds. The summed E-state index contributed by atoms with van der Waals surface area (Å²) in [6.07, 6.45) is 1.68. The Hall–Kier alpha value is -7.68. The predicted octanol–water partition coefficient (Wildman–Crippen LogP) is 2.04. The minimum absolute atomic E-state index is 0. The molecule has 31 heteroatoms. The zero-order valence-electron chi connectivity index (χ0n) is 55.6. The fraction of sp³-hybridized carbons (Fsp3) is 0.531. The summed E-state index contributed by atoms with van der Waals surface area (Å²) in [6.45, 7) is 17.6. The minimum atomic E-state index is -0.735. The molecule has 0 spiro atoms. The van der Waals surface area contributed by atoms with E-state index in [2.05, 4.69) is 36.4 Å². The average Bonchev–Trinajstić information content (AvgIpc) is 1.62. The molecule has 6 aromatic rings. The maximum Gasteiger partial charge on any atom is 0.410 e. The van der Waals surface area contributed by atoms with E-state index in [0.717, 1.165) is 60.4 Å². The van der Waals surface area contributed by atoms with Crippen LogP contribution >= 0.6 is 0 Å². The monoisotopic (exact) mass is 1660 g/mol. The Kier molecular flexibility index (Phi) is 24.1. The standard InChI is InChI=1S/C23H31N5O5.C18H23N5O3.C14H13N3O4.C9H18N2O2.2W/c1-23(2,3)33-22(32)25(4)15-12-27(13-15)11-14-7-6-8-16-19(14)26(5)21(31)28(16)17-9-10-18(29)24-20(17)30;1-19-12-9-22(10-12)8-11-4-3-5-13-16(11)21(2)18(26)23(13)14-6-7-15(24)20-17(14)25;1-16-12-8(7-18)3-2-4-9(12)17(14(16)21)10-5-6-11(19)15-13(10)20;1-9(2,3)13-8(12)11(4)7-5-10-6-7;;/h6-8,15,17H,9-13H2,1-5H3,(H,24,29,30);3-5,12,14,19H,6-10H2,1-2H3,(H,20,24,25);2-4,7,10H,5-6H2,1H3,(H,15,19,20);7,10H,5-6H2,1-4H3;;. The number of nitrogens with zero attached hydrogens (tertiary/aromatic N) is 10. The van der Waals surface area contributed by atoms with Gasteiger partial charge in [0, 0.05) is 161 Å². The number of fused-ring (bicyclic) bond motifs is 3. The third-order valence-corrected chi connectivity index (χ3v) is 17.5. The van der Waals surface area contributed by atoms with Crippen molar-refractivity contribution in [2.75, 3.05) is 60.4 Å². The number of carbonyl (C=O) groups excluding carboxylic acids is 9. The second-order valence-corrected chi connectivity index (χ2v) is 26.5. The molecule has 0 saturated carbocycles. The van der Waals surface area contributed by atoms with Crippen LogP contribution in [0.4, 0.5) is 9.59 Å². The van der Waals surface area contributed by atoms with Crippen molar-refractivity contribution < 1.29 is 94.8 Å². The van der Waals surface area contributed by atoms with Gasteiger partial charge in [0.1, 0.15) is 29.3 Å². The van der Waals surface area contributed by atoms with Crippen LogP contribution in [0.15, 0.2) is 69.0 Å². The number of benzene rings is 3. The molecule has 3 atom stereocenters. The molecule has 0 bridgehead atoms. The first-order valence-corrected chi connectivity index (χ1v) is 31.2. The number of imidazole rings is 3. The minimum Gasteiger partial charge on any atom is -0.444 e. The summed E-state index contributed by atoms with van der Waals surface area (Å²) < 4.78 is 19.6. The zero-order chi connectivity index (χ0) is 67.7. The van der Waals surface area contributed by atoms with E-state index >= 15 is 0 Å². The van der Waals surface area contributed by atoms with Crippen molar-refractivity contribution in [3.05, 3.63) is 103 Å². The molecule has 0 radical (unpaired) electrons. The maximum absolute atomic E-state index is 13.1. The third-order valence-electron chi connectivity index (χ3n) is 17.5. The Morgan fingerprint density at radius 3 is 1.22 bits per heavy atom. The molecule has 3 aromatic heterocycles. The summed E-state index contributed by atoms with van der Waals surface area (Å²) in [5, 5.41) is 13.3. The van der Waals surface area contributed by atoms with Crippen LogP contribution < -0.4 is 43.7 Å². The number of aryl methyl sites for hydroxylation is 3. The van der Waals surface area contributed by atoms with Crippen LogP contribution in [0.25, 0.3) is 33.1 Å². The Labute approximate surface area is 577 Å². The van der Waals surface area contributed by atoms with Crippen molar-refractivity contribution in [3.8, 4) is 0 Å². The summed E-state index contributed by atoms with van der Waals surface area (Å²) in [7, 11) is 10.5. The molecule has 6 aliphatic heterocycles. The van der Waals surface area contributed by atoms with Gasteiger partial charge in [0.2, 0.25) is 35.4 Å². The van der Waals surface area contributed by atoms with Gasteiger partial charge in [-0.15, -0.1) is 0 Å². The van der Waals surface area contributed by atoms with Crippen molar-refractivity contribution in [2.24, 2.45) is 21.1 Å². The van der Waals surface area contributed by atoms with Crippen molar-refractivity contribution in [1.29, 1.82) is 0 Å². The molecular formula is C64H85N15O14W2. The summed E-state index contributed by atoms with van der Waals surface area (Å²) in [6, 6.07) is 15.3. The van der Waals surface area contributed by atoms with Crippen molar-refractivity contribution in [1.82, 2.24) is 73.6 Å². The first kappa shape index (κ1) is 74.7. The molecule has 6 fully saturated rings. The van der Waals surface area contributed by atoms with E-state index in [0.29, 0.717) is 73.0 Å². The van der Waals surface area contributed by atoms with Crippen molar-refractivity contribution in [3.63, 3.8) is 0 Å². The number of ether oxygens (including phenoxy) is 2. The second kappa shape index (κ2) is 30.6. The number of piperidine rings is 3. The van der Waals surface area contributed by atoms with Crippen LogP contribution in [0, 0.1) is 0 Å². The average molecular weight is 1660 g/mol. The predicted molar refractivity (Wildman–Crippen MR) is 343 cm³/mol. The van der Waals surface area contributed by atoms with Crippen LogP contribution in [-0.4, -0.2) is 191 Å². The number of imide groups is 3. The number of rotatable bonds is 11. The molecule has 5 N–H and O–H groups in total. The zero-order valence-corrected chi connectivity index (χ0v) is 61.5. The number of para-hydroxylation sites is 3. The van der Waals surface area contributed by atoms with E-state index in [1.807, 2.05) is 85.0 Å². The Bertz CT molecular complexity index is 4120. The number of aromatic nitrogens is 6. The van der Waals surface area contributed by atoms with Gasteiger partial charge in [0.25, 0.3) is 0 Å². The number of likely N-dealkylation sites (tertiary alicyclic amines) is 2. The van der Waals surface area contributed by atoms with Gasteiger partial charge in [0.05, 0.1) is 45.2 Å². The van der Waals surface area contributed by atoms with Gasteiger partial charge in [0.15, 0.2) is 6.29 Å². The van der Waals surface area contributed by atoms with Gasteiger partial charge in [-0.05, 0) is 103 Å². The molecule has 9 heterocycles. The van der Waals surface area contributed by atoms with E-state index in [9.17, 15) is 57.5 Å². The fourth-order valence-electron chi connectivity index (χ4n) is 12.3. The number of likely N-dealkylation sites (N-methyl/N-ethyl adjacent to an activating group) is 3. The molecular weight excluding hydrogens is 1570 g/mol. The normalized spacial score (nSPS) is 19.5. The number of nitrogens with one attached hydrogen (secondary N) is 5. The number of hydrogen-bond donors (Lipinski definition) is 5.